The molecule has 0 aliphatic carbocycles. The van der Waals surface area contributed by atoms with Gasteiger partial charge in [-0.3, -0.25) is 9.59 Å². The van der Waals surface area contributed by atoms with Crippen LogP contribution >= 0.6 is 0 Å². The number of nitrogens with zero attached hydrogens (tertiary/aromatic N) is 3. The second-order valence-electron chi connectivity index (χ2n) is 8.16. The van der Waals surface area contributed by atoms with Gasteiger partial charge < -0.3 is 20.7 Å². The Morgan fingerprint density at radius 1 is 0.947 bits per heavy atom. The van der Waals surface area contributed by atoms with E-state index in [1.54, 1.807) is 48.7 Å². The molecule has 0 bridgehead atoms. The summed E-state index contributed by atoms with van der Waals surface area (Å²) < 4.78 is 44.6. The van der Waals surface area contributed by atoms with Crippen molar-refractivity contribution in [3.8, 4) is 16.9 Å². The van der Waals surface area contributed by atoms with Gasteiger partial charge in [0.2, 0.25) is 5.95 Å². The van der Waals surface area contributed by atoms with Crippen molar-refractivity contribution in [3.63, 3.8) is 0 Å². The number of amides is 2. The predicted molar refractivity (Wildman–Crippen MR) is 136 cm³/mol. The van der Waals surface area contributed by atoms with E-state index >= 15 is 0 Å². The number of hydrogen-bond donors (Lipinski definition) is 3. The fourth-order valence-electron chi connectivity index (χ4n) is 3.65. The SMILES string of the molecule is CCNC(=O)c1ccc(Nc2nc3ccc(-c4cccc(C(=O)NCC(F)(F)F)c4)cn3n2)c(OCC)c1. The number of carbonyl (C=O) groups is 2. The molecule has 38 heavy (non-hydrogen) atoms. The number of fused-ring (bicyclic) bond motifs is 1. The third kappa shape index (κ3) is 6.38. The summed E-state index contributed by atoms with van der Waals surface area (Å²) in [5.74, 6) is -0.272. The van der Waals surface area contributed by atoms with Crippen LogP contribution in [0.15, 0.2) is 60.8 Å². The molecule has 0 fully saturated rings. The molecule has 0 saturated carbocycles. The number of nitrogens with one attached hydrogen (secondary N) is 3. The summed E-state index contributed by atoms with van der Waals surface area (Å²) in [6.07, 6.45) is -2.80. The molecule has 0 unspecified atom stereocenters. The zero-order valence-electron chi connectivity index (χ0n) is 20.6. The van der Waals surface area contributed by atoms with Gasteiger partial charge in [0.1, 0.15) is 12.3 Å². The fourth-order valence-corrected chi connectivity index (χ4v) is 3.65. The number of alkyl halides is 3. The number of carbonyl (C=O) groups excluding carboxylic acids is 2. The molecule has 2 aromatic heterocycles. The Bertz CT molecular complexity index is 1470. The van der Waals surface area contributed by atoms with Crippen LogP contribution in [-0.2, 0) is 0 Å². The lowest BCUT2D eigenvalue weighted by molar-refractivity contribution is -0.123. The number of ether oxygens (including phenoxy) is 1. The lowest BCUT2D eigenvalue weighted by Gasteiger charge is -2.12. The first-order valence-corrected chi connectivity index (χ1v) is 11.8. The number of benzene rings is 2. The first-order valence-electron chi connectivity index (χ1n) is 11.8. The van der Waals surface area contributed by atoms with Crippen molar-refractivity contribution >= 4 is 29.1 Å². The van der Waals surface area contributed by atoms with E-state index in [0.717, 1.165) is 0 Å². The van der Waals surface area contributed by atoms with Crippen LogP contribution in [0, 0.1) is 0 Å². The van der Waals surface area contributed by atoms with E-state index < -0.39 is 18.6 Å². The summed E-state index contributed by atoms with van der Waals surface area (Å²) in [7, 11) is 0. The van der Waals surface area contributed by atoms with E-state index in [0.29, 0.717) is 46.9 Å². The summed E-state index contributed by atoms with van der Waals surface area (Å²) >= 11 is 0. The normalized spacial score (nSPS) is 11.3. The minimum absolute atomic E-state index is 0.104. The Hall–Kier alpha value is -4.61. The number of rotatable bonds is 9. The van der Waals surface area contributed by atoms with E-state index in [1.807, 2.05) is 19.2 Å². The average Bonchev–Trinajstić information content (AvgIpc) is 3.30. The highest BCUT2D eigenvalue weighted by atomic mass is 19.4. The molecule has 0 radical (unpaired) electrons. The molecule has 0 atom stereocenters. The van der Waals surface area contributed by atoms with Crippen molar-refractivity contribution in [2.24, 2.45) is 0 Å². The highest BCUT2D eigenvalue weighted by Gasteiger charge is 2.28. The van der Waals surface area contributed by atoms with Gasteiger partial charge >= 0.3 is 6.18 Å². The van der Waals surface area contributed by atoms with Crippen molar-refractivity contribution in [1.82, 2.24) is 25.2 Å². The minimum Gasteiger partial charge on any atom is -0.492 e. The van der Waals surface area contributed by atoms with Gasteiger partial charge in [0, 0.05) is 29.4 Å². The summed E-state index contributed by atoms with van der Waals surface area (Å²) in [5.41, 5.74) is 2.98. The molecule has 198 valence electrons. The number of hydrogen-bond acceptors (Lipinski definition) is 6. The Morgan fingerprint density at radius 2 is 1.71 bits per heavy atom. The van der Waals surface area contributed by atoms with Crippen LogP contribution in [0.25, 0.3) is 16.8 Å². The van der Waals surface area contributed by atoms with E-state index in [1.165, 1.54) is 16.6 Å². The smallest absolute Gasteiger partial charge is 0.405 e. The first-order chi connectivity index (χ1) is 18.2. The molecule has 2 aromatic carbocycles. The third-order valence-corrected chi connectivity index (χ3v) is 5.37. The molecule has 4 aromatic rings. The Labute approximate surface area is 216 Å². The maximum absolute atomic E-state index is 12.4. The summed E-state index contributed by atoms with van der Waals surface area (Å²) in [6.45, 7) is 3.16. The Kier molecular flexibility index (Phi) is 7.79. The first kappa shape index (κ1) is 26.5. The van der Waals surface area contributed by atoms with Crippen LogP contribution in [0.2, 0.25) is 0 Å². The highest BCUT2D eigenvalue weighted by molar-refractivity contribution is 5.96. The van der Waals surface area contributed by atoms with Crippen LogP contribution in [0.5, 0.6) is 5.75 Å². The monoisotopic (exact) mass is 526 g/mol. The lowest BCUT2D eigenvalue weighted by Crippen LogP contribution is -2.33. The van der Waals surface area contributed by atoms with Gasteiger partial charge in [-0.05, 0) is 61.9 Å². The molecule has 0 spiro atoms. The van der Waals surface area contributed by atoms with Crippen LogP contribution in [-0.4, -0.2) is 52.3 Å². The van der Waals surface area contributed by atoms with Crippen molar-refractivity contribution < 1.29 is 27.5 Å². The van der Waals surface area contributed by atoms with Crippen molar-refractivity contribution in [3.05, 3.63) is 71.9 Å². The van der Waals surface area contributed by atoms with Crippen molar-refractivity contribution in [1.29, 1.82) is 0 Å². The standard InChI is InChI=1S/C26H25F3N6O3/c1-3-30-23(36)18-8-10-20(21(13-18)38-4-2)32-25-33-22-11-9-19(14-35(22)34-25)16-6-5-7-17(12-16)24(37)31-15-26(27,28)29/h5-14H,3-4,15H2,1-2H3,(H,30,36)(H,31,37)(H,32,34). The Morgan fingerprint density at radius 3 is 2.45 bits per heavy atom. The molecule has 0 aliphatic heterocycles. The Balaban J connectivity index is 1.56. The predicted octanol–water partition coefficient (Wildman–Crippen LogP) is 4.58. The van der Waals surface area contributed by atoms with E-state index in [9.17, 15) is 22.8 Å². The maximum atomic E-state index is 12.4. The number of aromatic nitrogens is 3. The molecule has 2 amide bonds. The quantitative estimate of drug-likeness (QED) is 0.295. The maximum Gasteiger partial charge on any atom is 0.405 e. The molecule has 3 N–H and O–H groups in total. The van der Waals surface area contributed by atoms with Crippen LogP contribution in [0.4, 0.5) is 24.8 Å². The van der Waals surface area contributed by atoms with Crippen molar-refractivity contribution in [2.75, 3.05) is 25.0 Å². The third-order valence-electron chi connectivity index (χ3n) is 5.37. The van der Waals surface area contributed by atoms with Crippen LogP contribution in [0.1, 0.15) is 34.6 Å². The van der Waals surface area contributed by atoms with E-state index in [-0.39, 0.29) is 17.4 Å². The topological polar surface area (TPSA) is 110 Å². The largest absolute Gasteiger partial charge is 0.492 e. The summed E-state index contributed by atoms with van der Waals surface area (Å²) in [6, 6.07) is 14.8. The second-order valence-corrected chi connectivity index (χ2v) is 8.16. The van der Waals surface area contributed by atoms with Crippen molar-refractivity contribution in [2.45, 2.75) is 20.0 Å². The number of halogens is 3. The van der Waals surface area contributed by atoms with Gasteiger partial charge in [-0.25, -0.2) is 4.52 Å². The van der Waals surface area contributed by atoms with Gasteiger partial charge in [-0.2, -0.15) is 18.2 Å². The van der Waals surface area contributed by atoms with Gasteiger partial charge in [-0.15, -0.1) is 5.10 Å². The van der Waals surface area contributed by atoms with Gasteiger partial charge in [0.15, 0.2) is 5.65 Å². The fraction of sp³-hybridized carbons (Fsp3) is 0.231. The second kappa shape index (κ2) is 11.2. The molecule has 0 saturated heterocycles. The molecule has 4 rings (SSSR count). The average molecular weight is 527 g/mol. The van der Waals surface area contributed by atoms with Crippen LogP contribution < -0.4 is 20.7 Å². The highest BCUT2D eigenvalue weighted by Crippen LogP contribution is 2.29. The zero-order valence-corrected chi connectivity index (χ0v) is 20.6. The van der Waals surface area contributed by atoms with Gasteiger partial charge in [0.05, 0.1) is 12.3 Å². The minimum atomic E-state index is -4.49. The molecule has 12 heteroatoms. The van der Waals surface area contributed by atoms with E-state index in [2.05, 4.69) is 20.7 Å². The number of pyridine rings is 1. The van der Waals surface area contributed by atoms with E-state index in [4.69, 9.17) is 4.74 Å². The molecular weight excluding hydrogens is 501 g/mol. The molecule has 0 aliphatic rings. The van der Waals surface area contributed by atoms with Crippen LogP contribution in [0.3, 0.4) is 0 Å². The lowest BCUT2D eigenvalue weighted by atomic mass is 10.0. The zero-order chi connectivity index (χ0) is 27.3. The molecular formula is C26H25F3N6O3. The molecule has 2 heterocycles. The number of anilines is 2. The van der Waals surface area contributed by atoms with Gasteiger partial charge in [-0.1, -0.05) is 12.1 Å². The summed E-state index contributed by atoms with van der Waals surface area (Å²) in [5, 5.41) is 12.2. The van der Waals surface area contributed by atoms with Gasteiger partial charge in [0.25, 0.3) is 11.8 Å². The summed E-state index contributed by atoms with van der Waals surface area (Å²) in [4.78, 5) is 28.8. The molecule has 9 nitrogen and oxygen atoms in total.